The van der Waals surface area contributed by atoms with Gasteiger partial charge in [-0.15, -0.1) is 0 Å². The van der Waals surface area contributed by atoms with Gasteiger partial charge in [0.2, 0.25) is 0 Å². The van der Waals surface area contributed by atoms with E-state index in [-0.39, 0.29) is 23.2 Å². The number of carbonyl (C=O) groups excluding carboxylic acids is 3. The smallest absolute Gasteiger partial charge is 0.261 e. The van der Waals surface area contributed by atoms with Crippen LogP contribution < -0.4 is 0 Å². The fourth-order valence-electron chi connectivity index (χ4n) is 2.35. The molecule has 6 heteroatoms. The van der Waals surface area contributed by atoms with Gasteiger partial charge in [-0.2, -0.15) is 0 Å². The Bertz CT molecular complexity index is 817. The van der Waals surface area contributed by atoms with E-state index in [2.05, 4.69) is 0 Å². The molecule has 0 aromatic heterocycles. The molecule has 22 heavy (non-hydrogen) atoms. The van der Waals surface area contributed by atoms with E-state index in [4.69, 9.17) is 23.2 Å². The summed E-state index contributed by atoms with van der Waals surface area (Å²) < 4.78 is 0. The highest BCUT2D eigenvalue weighted by molar-refractivity contribution is 6.67. The molecule has 110 valence electrons. The van der Waals surface area contributed by atoms with Crippen LogP contribution in [0.25, 0.3) is 0 Å². The molecule has 1 aliphatic heterocycles. The van der Waals surface area contributed by atoms with Crippen molar-refractivity contribution >= 4 is 40.3 Å². The topological polar surface area (TPSA) is 54.5 Å². The highest BCUT2D eigenvalue weighted by atomic mass is 35.5. The SMILES string of the molecule is O=C(Cl)c1ccc2c(c1)C(=O)N(Cc1ccccc1Cl)C2=O. The molecule has 0 saturated heterocycles. The third-order valence-corrected chi connectivity index (χ3v) is 4.07. The van der Waals surface area contributed by atoms with Crippen LogP contribution in [0.1, 0.15) is 36.6 Å². The molecule has 4 nitrogen and oxygen atoms in total. The number of benzene rings is 2. The Hall–Kier alpha value is -2.17. The molecule has 2 aromatic rings. The Morgan fingerprint density at radius 1 is 1.00 bits per heavy atom. The van der Waals surface area contributed by atoms with Gasteiger partial charge in [0, 0.05) is 10.6 Å². The number of halogens is 2. The summed E-state index contributed by atoms with van der Waals surface area (Å²) in [5.74, 6) is -0.867. The molecule has 0 radical (unpaired) electrons. The van der Waals surface area contributed by atoms with Crippen LogP contribution in [0.2, 0.25) is 5.02 Å². The summed E-state index contributed by atoms with van der Waals surface area (Å²) in [5.41, 5.74) is 1.30. The molecule has 0 bridgehead atoms. The predicted molar refractivity (Wildman–Crippen MR) is 82.3 cm³/mol. The lowest BCUT2D eigenvalue weighted by Gasteiger charge is -2.14. The second-order valence-corrected chi connectivity index (χ2v) is 5.57. The molecule has 2 aromatic carbocycles. The molecule has 0 atom stereocenters. The van der Waals surface area contributed by atoms with Gasteiger partial charge in [0.15, 0.2) is 0 Å². The maximum atomic E-state index is 12.4. The van der Waals surface area contributed by atoms with Gasteiger partial charge in [0.05, 0.1) is 17.7 Å². The number of imide groups is 1. The van der Waals surface area contributed by atoms with Crippen molar-refractivity contribution in [1.82, 2.24) is 4.90 Å². The normalized spacial score (nSPS) is 13.5. The molecule has 1 aliphatic rings. The Morgan fingerprint density at radius 3 is 2.36 bits per heavy atom. The first-order valence-electron chi connectivity index (χ1n) is 6.42. The third kappa shape index (κ3) is 2.40. The zero-order valence-corrected chi connectivity index (χ0v) is 12.7. The highest BCUT2D eigenvalue weighted by Gasteiger charge is 2.36. The lowest BCUT2D eigenvalue weighted by atomic mass is 10.1. The van der Waals surface area contributed by atoms with E-state index < -0.39 is 17.1 Å². The highest BCUT2D eigenvalue weighted by Crippen LogP contribution is 2.27. The molecule has 2 amide bonds. The Morgan fingerprint density at radius 2 is 1.68 bits per heavy atom. The summed E-state index contributed by atoms with van der Waals surface area (Å²) in [6.07, 6.45) is 0. The number of hydrogen-bond acceptors (Lipinski definition) is 3. The maximum Gasteiger partial charge on any atom is 0.261 e. The quantitative estimate of drug-likeness (QED) is 0.637. The van der Waals surface area contributed by atoms with E-state index >= 15 is 0 Å². The lowest BCUT2D eigenvalue weighted by molar-refractivity contribution is 0.0642. The second-order valence-electron chi connectivity index (χ2n) is 4.82. The standard InChI is InChI=1S/C16H9Cl2NO3/c17-13-4-2-1-3-10(13)8-19-15(21)11-6-5-9(14(18)20)7-12(11)16(19)22/h1-7H,8H2. The van der Waals surface area contributed by atoms with Gasteiger partial charge in [-0.3, -0.25) is 19.3 Å². The van der Waals surface area contributed by atoms with E-state index in [0.29, 0.717) is 10.6 Å². The van der Waals surface area contributed by atoms with Crippen molar-refractivity contribution < 1.29 is 14.4 Å². The largest absolute Gasteiger partial charge is 0.276 e. The van der Waals surface area contributed by atoms with Gasteiger partial charge in [0.1, 0.15) is 0 Å². The fraction of sp³-hybridized carbons (Fsp3) is 0.0625. The lowest BCUT2D eigenvalue weighted by Crippen LogP contribution is -2.29. The minimum absolute atomic E-state index is 0.0795. The first-order valence-corrected chi connectivity index (χ1v) is 7.18. The number of hydrogen-bond donors (Lipinski definition) is 0. The van der Waals surface area contributed by atoms with E-state index in [9.17, 15) is 14.4 Å². The minimum atomic E-state index is -0.674. The number of fused-ring (bicyclic) bond motifs is 1. The van der Waals surface area contributed by atoms with E-state index in [1.54, 1.807) is 24.3 Å². The van der Waals surface area contributed by atoms with E-state index in [0.717, 1.165) is 4.90 Å². The van der Waals surface area contributed by atoms with Crippen molar-refractivity contribution in [3.63, 3.8) is 0 Å². The molecular weight excluding hydrogens is 325 g/mol. The Kier molecular flexibility index (Phi) is 3.72. The summed E-state index contributed by atoms with van der Waals surface area (Å²) in [6, 6.07) is 11.2. The summed E-state index contributed by atoms with van der Waals surface area (Å²) in [4.78, 5) is 37.0. The van der Waals surface area contributed by atoms with Gasteiger partial charge in [-0.05, 0) is 41.4 Å². The van der Waals surface area contributed by atoms with Gasteiger partial charge in [-0.1, -0.05) is 29.8 Å². The van der Waals surface area contributed by atoms with Crippen LogP contribution in [-0.4, -0.2) is 22.0 Å². The molecule has 1 heterocycles. The van der Waals surface area contributed by atoms with Gasteiger partial charge >= 0.3 is 0 Å². The summed E-state index contributed by atoms with van der Waals surface area (Å²) >= 11 is 11.5. The monoisotopic (exact) mass is 333 g/mol. The zero-order chi connectivity index (χ0) is 15.9. The number of carbonyl (C=O) groups is 3. The average molecular weight is 334 g/mol. The molecule has 0 unspecified atom stereocenters. The second kappa shape index (κ2) is 5.55. The van der Waals surface area contributed by atoms with Crippen LogP contribution in [-0.2, 0) is 6.54 Å². The maximum absolute atomic E-state index is 12.4. The van der Waals surface area contributed by atoms with Crippen molar-refractivity contribution in [1.29, 1.82) is 0 Å². The summed E-state index contributed by atoms with van der Waals surface area (Å²) in [5, 5.41) is -0.191. The van der Waals surface area contributed by atoms with Crippen LogP contribution in [0, 0.1) is 0 Å². The van der Waals surface area contributed by atoms with Crippen molar-refractivity contribution in [2.24, 2.45) is 0 Å². The summed E-state index contributed by atoms with van der Waals surface area (Å²) in [6.45, 7) is 0.0795. The molecule has 0 aliphatic carbocycles. The number of amides is 2. The molecule has 3 rings (SSSR count). The third-order valence-electron chi connectivity index (χ3n) is 3.48. The van der Waals surface area contributed by atoms with Crippen LogP contribution in [0.4, 0.5) is 0 Å². The number of rotatable bonds is 3. The van der Waals surface area contributed by atoms with Crippen molar-refractivity contribution in [2.45, 2.75) is 6.54 Å². The van der Waals surface area contributed by atoms with Crippen LogP contribution >= 0.6 is 23.2 Å². The predicted octanol–water partition coefficient (Wildman–Crippen LogP) is 3.52. The zero-order valence-electron chi connectivity index (χ0n) is 11.2. The average Bonchev–Trinajstić information content (AvgIpc) is 2.74. The summed E-state index contributed by atoms with van der Waals surface area (Å²) in [7, 11) is 0. The van der Waals surface area contributed by atoms with Crippen molar-refractivity contribution in [3.05, 3.63) is 69.7 Å². The van der Waals surface area contributed by atoms with Crippen molar-refractivity contribution in [2.75, 3.05) is 0 Å². The fourth-order valence-corrected chi connectivity index (χ4v) is 2.67. The van der Waals surface area contributed by atoms with Crippen LogP contribution in [0.5, 0.6) is 0 Å². The van der Waals surface area contributed by atoms with Crippen molar-refractivity contribution in [3.8, 4) is 0 Å². The van der Waals surface area contributed by atoms with Gasteiger partial charge in [0.25, 0.3) is 17.1 Å². The van der Waals surface area contributed by atoms with E-state index in [1.807, 2.05) is 0 Å². The van der Waals surface area contributed by atoms with Gasteiger partial charge < -0.3 is 0 Å². The Balaban J connectivity index is 1.96. The molecule has 0 N–H and O–H groups in total. The van der Waals surface area contributed by atoms with E-state index in [1.165, 1.54) is 18.2 Å². The van der Waals surface area contributed by atoms with Crippen LogP contribution in [0.15, 0.2) is 42.5 Å². The molecule has 0 spiro atoms. The first-order chi connectivity index (χ1) is 10.5. The number of nitrogens with zero attached hydrogens (tertiary/aromatic N) is 1. The molecule has 0 saturated carbocycles. The van der Waals surface area contributed by atoms with Crippen LogP contribution in [0.3, 0.4) is 0 Å². The minimum Gasteiger partial charge on any atom is -0.276 e. The van der Waals surface area contributed by atoms with Gasteiger partial charge in [-0.25, -0.2) is 0 Å². The first kappa shape index (κ1) is 14.8. The molecular formula is C16H9Cl2NO3. The Labute approximate surface area is 136 Å². The molecule has 0 fully saturated rings.